The molecule has 2 heterocycles. The molecule has 0 unspecified atom stereocenters. The third kappa shape index (κ3) is 4.88. The van der Waals surface area contributed by atoms with Gasteiger partial charge in [-0.2, -0.15) is 4.39 Å². The summed E-state index contributed by atoms with van der Waals surface area (Å²) >= 11 is 0. The number of pyridine rings is 1. The summed E-state index contributed by atoms with van der Waals surface area (Å²) in [6, 6.07) is 18.1. The fourth-order valence-corrected chi connectivity index (χ4v) is 3.83. The lowest BCUT2D eigenvalue weighted by atomic mass is 9.91. The zero-order valence-electron chi connectivity index (χ0n) is 17.8. The van der Waals surface area contributed by atoms with Crippen LogP contribution in [-0.2, 0) is 17.8 Å². The van der Waals surface area contributed by atoms with Gasteiger partial charge in [0.1, 0.15) is 0 Å². The number of nitrogens with one attached hydrogen (secondary N) is 1. The van der Waals surface area contributed by atoms with Gasteiger partial charge in [-0.3, -0.25) is 14.8 Å². The summed E-state index contributed by atoms with van der Waals surface area (Å²) in [6.45, 7) is 4.75. The van der Waals surface area contributed by atoms with Gasteiger partial charge in [0.15, 0.2) is 0 Å². The van der Waals surface area contributed by atoms with Gasteiger partial charge in [-0.15, -0.1) is 0 Å². The Morgan fingerprint density at radius 2 is 1.87 bits per heavy atom. The molecule has 4 nitrogen and oxygen atoms in total. The third-order valence-corrected chi connectivity index (χ3v) is 5.65. The second-order valence-electron chi connectivity index (χ2n) is 8.27. The number of aromatic nitrogens is 1. The van der Waals surface area contributed by atoms with Crippen LogP contribution < -0.4 is 5.32 Å². The van der Waals surface area contributed by atoms with Gasteiger partial charge in [-0.1, -0.05) is 56.3 Å². The molecule has 0 saturated carbocycles. The molecule has 0 saturated heterocycles. The van der Waals surface area contributed by atoms with Crippen molar-refractivity contribution in [3.8, 4) is 11.1 Å². The van der Waals surface area contributed by atoms with E-state index in [1.807, 2.05) is 56.4 Å². The zero-order chi connectivity index (χ0) is 21.8. The van der Waals surface area contributed by atoms with Crippen LogP contribution in [0, 0.1) is 5.92 Å². The molecule has 158 valence electrons. The lowest BCUT2D eigenvalue weighted by Crippen LogP contribution is -2.32. The van der Waals surface area contributed by atoms with Crippen molar-refractivity contribution in [2.24, 2.45) is 10.9 Å². The predicted octanol–water partition coefficient (Wildman–Crippen LogP) is 5.08. The molecule has 1 atom stereocenters. The standard InChI is InChI=1S/C26H26FN3O/c1-17(2)26(31)30-16-23(19-6-4-3-5-7-19)11-18-10-22(14-28-13-18)20-8-9-21-15-29-25(27)24(21)12-20/h3-10,12-14,17,23H,11,15-16H2,1-2H3,(H,30,31)/t23-/m0/s1. The smallest absolute Gasteiger partial charge is 0.222 e. The van der Waals surface area contributed by atoms with Gasteiger partial charge in [0.05, 0.1) is 6.54 Å². The molecule has 4 rings (SSSR count). The van der Waals surface area contributed by atoms with E-state index in [1.54, 1.807) is 6.20 Å². The second kappa shape index (κ2) is 9.21. The molecule has 1 aromatic heterocycles. The van der Waals surface area contributed by atoms with Crippen LogP contribution in [0.4, 0.5) is 4.39 Å². The van der Waals surface area contributed by atoms with Gasteiger partial charge in [0.2, 0.25) is 11.9 Å². The van der Waals surface area contributed by atoms with E-state index in [0.717, 1.165) is 28.7 Å². The first-order valence-corrected chi connectivity index (χ1v) is 10.6. The lowest BCUT2D eigenvalue weighted by Gasteiger charge is -2.19. The maximum absolute atomic E-state index is 14.0. The fourth-order valence-electron chi connectivity index (χ4n) is 3.83. The minimum absolute atomic E-state index is 0.0506. The predicted molar refractivity (Wildman–Crippen MR) is 122 cm³/mol. The van der Waals surface area contributed by atoms with Gasteiger partial charge in [0, 0.05) is 41.9 Å². The van der Waals surface area contributed by atoms with E-state index in [-0.39, 0.29) is 17.7 Å². The lowest BCUT2D eigenvalue weighted by molar-refractivity contribution is -0.124. The highest BCUT2D eigenvalue weighted by atomic mass is 19.1. The van der Waals surface area contributed by atoms with Crippen LogP contribution in [0.3, 0.4) is 0 Å². The summed E-state index contributed by atoms with van der Waals surface area (Å²) in [7, 11) is 0. The Bertz CT molecular complexity index is 1110. The van der Waals surface area contributed by atoms with Crippen LogP contribution in [0.2, 0.25) is 0 Å². The van der Waals surface area contributed by atoms with Crippen molar-refractivity contribution >= 4 is 11.9 Å². The minimum atomic E-state index is -0.397. The average molecular weight is 416 g/mol. The molecule has 5 heteroatoms. The fraction of sp³-hybridized carbons (Fsp3) is 0.269. The van der Waals surface area contributed by atoms with Crippen molar-refractivity contribution in [3.05, 3.63) is 89.2 Å². The van der Waals surface area contributed by atoms with Crippen LogP contribution in [-0.4, -0.2) is 23.4 Å². The van der Waals surface area contributed by atoms with Gasteiger partial charge in [0.25, 0.3) is 0 Å². The van der Waals surface area contributed by atoms with E-state index < -0.39 is 5.97 Å². The van der Waals surface area contributed by atoms with Crippen LogP contribution in [0.15, 0.2) is 72.0 Å². The summed E-state index contributed by atoms with van der Waals surface area (Å²) in [5.41, 5.74) is 5.59. The van der Waals surface area contributed by atoms with Gasteiger partial charge in [-0.25, -0.2) is 0 Å². The summed E-state index contributed by atoms with van der Waals surface area (Å²) in [6.07, 6.45) is 4.40. The van der Waals surface area contributed by atoms with Crippen molar-refractivity contribution in [1.29, 1.82) is 0 Å². The Hall–Kier alpha value is -3.34. The largest absolute Gasteiger partial charge is 0.355 e. The van der Waals surface area contributed by atoms with E-state index >= 15 is 0 Å². The van der Waals surface area contributed by atoms with E-state index in [0.29, 0.717) is 18.7 Å². The maximum Gasteiger partial charge on any atom is 0.222 e. The first kappa shape index (κ1) is 20.9. The minimum Gasteiger partial charge on any atom is -0.355 e. The average Bonchev–Trinajstić information content (AvgIpc) is 3.17. The molecular formula is C26H26FN3O. The molecule has 3 aromatic rings. The quantitative estimate of drug-likeness (QED) is 0.585. The number of amides is 1. The molecule has 0 fully saturated rings. The number of benzene rings is 2. The van der Waals surface area contributed by atoms with Gasteiger partial charge in [-0.05, 0) is 40.8 Å². The third-order valence-electron chi connectivity index (χ3n) is 5.65. The molecule has 1 amide bonds. The molecule has 0 spiro atoms. The number of hydrogen-bond acceptors (Lipinski definition) is 3. The zero-order valence-corrected chi connectivity index (χ0v) is 17.8. The number of carbonyl (C=O) groups is 1. The summed E-state index contributed by atoms with van der Waals surface area (Å²) < 4.78 is 14.0. The Balaban J connectivity index is 1.57. The summed E-state index contributed by atoms with van der Waals surface area (Å²) in [5, 5.41) is 3.07. The van der Waals surface area contributed by atoms with Crippen LogP contribution >= 0.6 is 0 Å². The van der Waals surface area contributed by atoms with Crippen molar-refractivity contribution < 1.29 is 9.18 Å². The number of nitrogens with zero attached hydrogens (tertiary/aromatic N) is 2. The number of halogens is 1. The monoisotopic (exact) mass is 415 g/mol. The Kier molecular flexibility index (Phi) is 6.21. The number of hydrogen-bond donors (Lipinski definition) is 1. The van der Waals surface area contributed by atoms with E-state index in [2.05, 4.69) is 33.5 Å². The highest BCUT2D eigenvalue weighted by Crippen LogP contribution is 2.28. The highest BCUT2D eigenvalue weighted by molar-refractivity contribution is 5.98. The number of aliphatic imine (C=N–C) groups is 1. The molecule has 0 bridgehead atoms. The van der Waals surface area contributed by atoms with E-state index in [9.17, 15) is 9.18 Å². The molecule has 31 heavy (non-hydrogen) atoms. The number of fused-ring (bicyclic) bond motifs is 1. The van der Waals surface area contributed by atoms with Gasteiger partial charge < -0.3 is 5.32 Å². The molecule has 0 radical (unpaired) electrons. The van der Waals surface area contributed by atoms with Crippen molar-refractivity contribution in [2.75, 3.05) is 6.54 Å². The van der Waals surface area contributed by atoms with Crippen molar-refractivity contribution in [3.63, 3.8) is 0 Å². The van der Waals surface area contributed by atoms with E-state index in [4.69, 9.17) is 0 Å². The first-order valence-electron chi connectivity index (χ1n) is 10.6. The Morgan fingerprint density at radius 3 is 2.65 bits per heavy atom. The topological polar surface area (TPSA) is 54.4 Å². The first-order chi connectivity index (χ1) is 15.0. The highest BCUT2D eigenvalue weighted by Gasteiger charge is 2.18. The van der Waals surface area contributed by atoms with Crippen LogP contribution in [0.5, 0.6) is 0 Å². The molecule has 0 aliphatic carbocycles. The van der Waals surface area contributed by atoms with Crippen LogP contribution in [0.25, 0.3) is 11.1 Å². The van der Waals surface area contributed by atoms with Crippen molar-refractivity contribution in [2.45, 2.75) is 32.7 Å². The molecule has 2 aromatic carbocycles. The Labute approximate surface area is 182 Å². The van der Waals surface area contributed by atoms with Crippen LogP contribution in [0.1, 0.15) is 42.0 Å². The molecular weight excluding hydrogens is 389 g/mol. The number of carbonyl (C=O) groups excluding carboxylic acids is 1. The SMILES string of the molecule is CC(C)C(=O)NC[C@H](Cc1cncc(-c2ccc3c(c2)C(F)=NC3)c1)c1ccccc1. The van der Waals surface area contributed by atoms with Crippen molar-refractivity contribution in [1.82, 2.24) is 10.3 Å². The molecule has 1 aliphatic heterocycles. The Morgan fingerprint density at radius 1 is 1.06 bits per heavy atom. The van der Waals surface area contributed by atoms with E-state index in [1.165, 1.54) is 5.56 Å². The maximum atomic E-state index is 14.0. The molecule has 1 aliphatic rings. The number of rotatable bonds is 7. The van der Waals surface area contributed by atoms with Gasteiger partial charge >= 0.3 is 0 Å². The summed E-state index contributed by atoms with van der Waals surface area (Å²) in [5.74, 6) is -0.267. The molecule has 1 N–H and O–H groups in total. The normalized spacial score (nSPS) is 13.6. The summed E-state index contributed by atoms with van der Waals surface area (Å²) in [4.78, 5) is 20.4. The second-order valence-corrected chi connectivity index (χ2v) is 8.27.